The fourth-order valence-corrected chi connectivity index (χ4v) is 2.61. The molecule has 2 aromatic rings. The highest BCUT2D eigenvalue weighted by atomic mass is 79.9. The van der Waals surface area contributed by atoms with Gasteiger partial charge >= 0.3 is 0 Å². The smallest absolute Gasteiger partial charge is 0.151 e. The van der Waals surface area contributed by atoms with Gasteiger partial charge in [-0.15, -0.1) is 0 Å². The van der Waals surface area contributed by atoms with E-state index in [4.69, 9.17) is 5.73 Å². The molecule has 104 valence electrons. The van der Waals surface area contributed by atoms with Crippen molar-refractivity contribution in [3.05, 3.63) is 41.1 Å². The molecule has 0 aromatic carbocycles. The largest absolute Gasteiger partial charge is 0.396 e. The lowest BCUT2D eigenvalue weighted by atomic mass is 10.2. The Labute approximate surface area is 126 Å². The van der Waals surface area contributed by atoms with Gasteiger partial charge in [-0.1, -0.05) is 0 Å². The third kappa shape index (κ3) is 2.70. The summed E-state index contributed by atoms with van der Waals surface area (Å²) in [5.41, 5.74) is 6.72. The van der Waals surface area contributed by atoms with Crippen molar-refractivity contribution in [2.45, 2.75) is 0 Å². The molecule has 6 heteroatoms. The van der Waals surface area contributed by atoms with Crippen LogP contribution < -0.4 is 15.5 Å². The fourth-order valence-electron chi connectivity index (χ4n) is 2.38. The van der Waals surface area contributed by atoms with Crippen LogP contribution in [0.5, 0.6) is 0 Å². The molecule has 20 heavy (non-hydrogen) atoms. The van der Waals surface area contributed by atoms with Gasteiger partial charge in [0.05, 0.1) is 5.69 Å². The average molecular weight is 334 g/mol. The van der Waals surface area contributed by atoms with Crippen LogP contribution in [0.15, 0.2) is 41.1 Å². The lowest BCUT2D eigenvalue weighted by Crippen LogP contribution is -2.47. The molecule has 1 fully saturated rings. The van der Waals surface area contributed by atoms with Crippen LogP contribution in [0, 0.1) is 0 Å². The number of hydrogen-bond acceptors (Lipinski definition) is 5. The van der Waals surface area contributed by atoms with E-state index in [9.17, 15) is 0 Å². The molecule has 1 aliphatic rings. The standard InChI is InChI=1S/C14H16BrN5/c15-11-3-4-13(18-10-11)19-6-8-20(9-7-19)14-12(16)2-1-5-17-14/h1-5,10H,6-9,16H2. The van der Waals surface area contributed by atoms with E-state index in [0.717, 1.165) is 48.0 Å². The topological polar surface area (TPSA) is 58.3 Å². The van der Waals surface area contributed by atoms with Crippen molar-refractivity contribution in [1.29, 1.82) is 0 Å². The molecular weight excluding hydrogens is 318 g/mol. The number of aromatic nitrogens is 2. The molecule has 0 atom stereocenters. The SMILES string of the molecule is Nc1cccnc1N1CCN(c2ccc(Br)cn2)CC1. The van der Waals surface area contributed by atoms with Crippen LogP contribution in [-0.4, -0.2) is 36.1 Å². The quantitative estimate of drug-likeness (QED) is 0.912. The average Bonchev–Trinajstić information content (AvgIpc) is 2.49. The molecular formula is C14H16BrN5. The van der Waals surface area contributed by atoms with Gasteiger partial charge in [-0.25, -0.2) is 9.97 Å². The maximum atomic E-state index is 5.98. The van der Waals surface area contributed by atoms with E-state index < -0.39 is 0 Å². The molecule has 1 aliphatic heterocycles. The zero-order valence-electron chi connectivity index (χ0n) is 11.0. The first kappa shape index (κ1) is 13.2. The zero-order chi connectivity index (χ0) is 13.9. The summed E-state index contributed by atoms with van der Waals surface area (Å²) in [6.45, 7) is 3.65. The van der Waals surface area contributed by atoms with Crippen LogP contribution >= 0.6 is 15.9 Å². The van der Waals surface area contributed by atoms with Crippen LogP contribution in [0.2, 0.25) is 0 Å². The molecule has 3 rings (SSSR count). The molecule has 5 nitrogen and oxygen atoms in total. The number of rotatable bonds is 2. The molecule has 3 heterocycles. The molecule has 0 saturated carbocycles. The summed E-state index contributed by atoms with van der Waals surface area (Å²) in [7, 11) is 0. The van der Waals surface area contributed by atoms with Gasteiger partial charge in [0.2, 0.25) is 0 Å². The monoisotopic (exact) mass is 333 g/mol. The normalized spacial score (nSPS) is 15.4. The second kappa shape index (κ2) is 5.66. The van der Waals surface area contributed by atoms with E-state index in [1.165, 1.54) is 0 Å². The molecule has 0 unspecified atom stereocenters. The van der Waals surface area contributed by atoms with E-state index in [-0.39, 0.29) is 0 Å². The molecule has 0 aliphatic carbocycles. The summed E-state index contributed by atoms with van der Waals surface area (Å²) in [4.78, 5) is 13.3. The molecule has 0 bridgehead atoms. The Morgan fingerprint density at radius 3 is 2.40 bits per heavy atom. The lowest BCUT2D eigenvalue weighted by Gasteiger charge is -2.36. The number of anilines is 3. The van der Waals surface area contributed by atoms with Crippen molar-refractivity contribution < 1.29 is 0 Å². The Hall–Kier alpha value is -1.82. The van der Waals surface area contributed by atoms with E-state index in [2.05, 4.69) is 35.7 Å². The van der Waals surface area contributed by atoms with Crippen LogP contribution in [0.4, 0.5) is 17.3 Å². The minimum absolute atomic E-state index is 0.739. The molecule has 0 spiro atoms. The number of halogens is 1. The Kier molecular flexibility index (Phi) is 3.73. The zero-order valence-corrected chi connectivity index (χ0v) is 12.6. The third-order valence-electron chi connectivity index (χ3n) is 3.43. The van der Waals surface area contributed by atoms with Crippen molar-refractivity contribution in [3.8, 4) is 0 Å². The predicted molar refractivity (Wildman–Crippen MR) is 85.0 cm³/mol. The van der Waals surface area contributed by atoms with Gasteiger partial charge in [0.25, 0.3) is 0 Å². The van der Waals surface area contributed by atoms with Crippen molar-refractivity contribution in [2.75, 3.05) is 41.7 Å². The lowest BCUT2D eigenvalue weighted by molar-refractivity contribution is 0.642. The maximum absolute atomic E-state index is 5.98. The Morgan fingerprint density at radius 2 is 1.75 bits per heavy atom. The van der Waals surface area contributed by atoms with Gasteiger partial charge in [-0.2, -0.15) is 0 Å². The van der Waals surface area contributed by atoms with Crippen molar-refractivity contribution in [2.24, 2.45) is 0 Å². The van der Waals surface area contributed by atoms with Gasteiger partial charge in [0.15, 0.2) is 5.82 Å². The first-order chi connectivity index (χ1) is 9.74. The summed E-state index contributed by atoms with van der Waals surface area (Å²) < 4.78 is 1.00. The summed E-state index contributed by atoms with van der Waals surface area (Å²) in [5.74, 6) is 1.90. The van der Waals surface area contributed by atoms with Crippen LogP contribution in [0.3, 0.4) is 0 Å². The number of nitrogen functional groups attached to an aromatic ring is 1. The second-order valence-electron chi connectivity index (χ2n) is 4.72. The fraction of sp³-hybridized carbons (Fsp3) is 0.286. The molecule has 1 saturated heterocycles. The van der Waals surface area contributed by atoms with Crippen LogP contribution in [0.1, 0.15) is 0 Å². The Bertz CT molecular complexity index is 578. The summed E-state index contributed by atoms with van der Waals surface area (Å²) >= 11 is 3.41. The van der Waals surface area contributed by atoms with Crippen LogP contribution in [0.25, 0.3) is 0 Å². The molecule has 0 amide bonds. The molecule has 0 radical (unpaired) electrons. The van der Waals surface area contributed by atoms with Gasteiger partial charge in [-0.3, -0.25) is 0 Å². The maximum Gasteiger partial charge on any atom is 0.151 e. The van der Waals surface area contributed by atoms with Gasteiger partial charge in [-0.05, 0) is 40.2 Å². The first-order valence-electron chi connectivity index (χ1n) is 6.56. The summed E-state index contributed by atoms with van der Waals surface area (Å²) in [6.07, 6.45) is 3.62. The molecule has 2 N–H and O–H groups in total. The first-order valence-corrected chi connectivity index (χ1v) is 7.35. The number of nitrogens with two attached hydrogens (primary N) is 1. The number of pyridine rings is 2. The third-order valence-corrected chi connectivity index (χ3v) is 3.90. The van der Waals surface area contributed by atoms with Crippen molar-refractivity contribution in [1.82, 2.24) is 9.97 Å². The molecule has 2 aromatic heterocycles. The van der Waals surface area contributed by atoms with Gasteiger partial charge in [0.1, 0.15) is 5.82 Å². The minimum atomic E-state index is 0.739. The highest BCUT2D eigenvalue weighted by Gasteiger charge is 2.20. The van der Waals surface area contributed by atoms with Gasteiger partial charge in [0, 0.05) is 43.0 Å². The number of hydrogen-bond donors (Lipinski definition) is 1. The number of nitrogens with zero attached hydrogens (tertiary/aromatic N) is 4. The second-order valence-corrected chi connectivity index (χ2v) is 5.64. The summed E-state index contributed by atoms with van der Waals surface area (Å²) in [5, 5.41) is 0. The highest BCUT2D eigenvalue weighted by molar-refractivity contribution is 9.10. The van der Waals surface area contributed by atoms with E-state index in [1.807, 2.05) is 30.5 Å². The van der Waals surface area contributed by atoms with Crippen molar-refractivity contribution >= 4 is 33.3 Å². The Morgan fingerprint density at radius 1 is 1.00 bits per heavy atom. The van der Waals surface area contributed by atoms with Gasteiger partial charge < -0.3 is 15.5 Å². The number of piperazine rings is 1. The Balaban J connectivity index is 1.68. The highest BCUT2D eigenvalue weighted by Crippen LogP contribution is 2.22. The summed E-state index contributed by atoms with van der Waals surface area (Å²) in [6, 6.07) is 7.81. The minimum Gasteiger partial charge on any atom is -0.396 e. The van der Waals surface area contributed by atoms with E-state index in [1.54, 1.807) is 6.20 Å². The van der Waals surface area contributed by atoms with Crippen molar-refractivity contribution in [3.63, 3.8) is 0 Å². The van der Waals surface area contributed by atoms with Crippen LogP contribution in [-0.2, 0) is 0 Å². The van der Waals surface area contributed by atoms with E-state index in [0.29, 0.717) is 0 Å². The predicted octanol–water partition coefficient (Wildman–Crippen LogP) is 2.15. The van der Waals surface area contributed by atoms with E-state index >= 15 is 0 Å².